The Morgan fingerprint density at radius 1 is 1.24 bits per heavy atom. The van der Waals surface area contributed by atoms with Gasteiger partial charge in [0.05, 0.1) is 6.20 Å². The van der Waals surface area contributed by atoms with Crippen LogP contribution in [0.2, 0.25) is 0 Å². The summed E-state index contributed by atoms with van der Waals surface area (Å²) < 4.78 is 2.19. The summed E-state index contributed by atoms with van der Waals surface area (Å²) in [6.07, 6.45) is 14.3. The standard InChI is InChI=1S/C16H21N4O/c1-18(2)16-6-12-20(13-7-16)9-3-8-19-10-4-15(5-11-19)14-17-21/h4-7,10-14H,3,8-9H2,1-2H3/q+1. The van der Waals surface area contributed by atoms with Crippen molar-refractivity contribution in [1.82, 2.24) is 4.90 Å². The molecule has 0 radical (unpaired) electrons. The highest BCUT2D eigenvalue weighted by Crippen LogP contribution is 2.10. The first-order valence-corrected chi connectivity index (χ1v) is 7.00. The molecule has 21 heavy (non-hydrogen) atoms. The van der Waals surface area contributed by atoms with Crippen molar-refractivity contribution in [2.45, 2.75) is 13.0 Å². The summed E-state index contributed by atoms with van der Waals surface area (Å²) in [6, 6.07) is 4.23. The quantitative estimate of drug-likeness (QED) is 0.595. The van der Waals surface area contributed by atoms with E-state index in [0.717, 1.165) is 25.1 Å². The average molecular weight is 285 g/mol. The molecule has 1 aliphatic heterocycles. The van der Waals surface area contributed by atoms with E-state index in [1.807, 2.05) is 38.6 Å². The van der Waals surface area contributed by atoms with Gasteiger partial charge in [0, 0.05) is 57.3 Å². The van der Waals surface area contributed by atoms with Gasteiger partial charge in [0.25, 0.3) is 0 Å². The van der Waals surface area contributed by atoms with Crippen LogP contribution in [0.3, 0.4) is 0 Å². The van der Waals surface area contributed by atoms with Crippen LogP contribution in [0.5, 0.6) is 0 Å². The summed E-state index contributed by atoms with van der Waals surface area (Å²) in [5, 5.41) is 2.77. The Hall–Kier alpha value is -2.43. The number of nitrogens with zero attached hydrogens (tertiary/aromatic N) is 4. The Morgan fingerprint density at radius 3 is 2.48 bits per heavy atom. The summed E-state index contributed by atoms with van der Waals surface area (Å²) in [7, 11) is 4.08. The Labute approximate surface area is 125 Å². The molecule has 0 aliphatic carbocycles. The van der Waals surface area contributed by atoms with Gasteiger partial charge in [-0.05, 0) is 22.9 Å². The number of nitroso groups, excluding NO2 is 1. The largest absolute Gasteiger partial charge is 0.377 e. The van der Waals surface area contributed by atoms with Gasteiger partial charge in [-0.25, -0.2) is 4.57 Å². The summed E-state index contributed by atoms with van der Waals surface area (Å²) in [4.78, 5) is 14.3. The van der Waals surface area contributed by atoms with Crippen LogP contribution in [-0.4, -0.2) is 25.5 Å². The fourth-order valence-electron chi connectivity index (χ4n) is 2.10. The molecule has 0 saturated heterocycles. The monoisotopic (exact) mass is 285 g/mol. The third kappa shape index (κ3) is 4.56. The van der Waals surface area contributed by atoms with E-state index in [1.165, 1.54) is 11.9 Å². The Morgan fingerprint density at radius 2 is 1.90 bits per heavy atom. The topological polar surface area (TPSA) is 39.8 Å². The van der Waals surface area contributed by atoms with E-state index in [4.69, 9.17) is 0 Å². The molecule has 110 valence electrons. The number of rotatable bonds is 6. The van der Waals surface area contributed by atoms with E-state index in [9.17, 15) is 4.91 Å². The van der Waals surface area contributed by atoms with Gasteiger partial charge in [-0.15, -0.1) is 4.91 Å². The van der Waals surface area contributed by atoms with Gasteiger partial charge in [-0.1, -0.05) is 0 Å². The molecule has 0 N–H and O–H groups in total. The first kappa shape index (κ1) is 15.0. The second kappa shape index (κ2) is 7.38. The lowest BCUT2D eigenvalue weighted by Gasteiger charge is -2.17. The van der Waals surface area contributed by atoms with Crippen LogP contribution >= 0.6 is 0 Å². The maximum Gasteiger partial charge on any atom is 0.170 e. The van der Waals surface area contributed by atoms with Crippen LogP contribution in [-0.2, 0) is 6.54 Å². The Bertz CT molecular complexity index is 542. The van der Waals surface area contributed by atoms with Crippen LogP contribution < -0.4 is 9.47 Å². The van der Waals surface area contributed by atoms with Crippen molar-refractivity contribution in [3.8, 4) is 0 Å². The summed E-state index contributed by atoms with van der Waals surface area (Å²) in [5.74, 6) is 0. The van der Waals surface area contributed by atoms with Crippen molar-refractivity contribution in [3.63, 3.8) is 0 Å². The van der Waals surface area contributed by atoms with E-state index in [2.05, 4.69) is 44.1 Å². The molecule has 0 amide bonds. The van der Waals surface area contributed by atoms with Gasteiger partial charge in [-0.2, -0.15) is 0 Å². The molecule has 0 aromatic carbocycles. The Kier molecular flexibility index (Phi) is 5.26. The highest BCUT2D eigenvalue weighted by Gasteiger charge is 2.05. The SMILES string of the molecule is CN(C)c1cc[n+](CCCN2C=CC(=CN=O)C=C2)cc1. The van der Waals surface area contributed by atoms with Gasteiger partial charge in [0.2, 0.25) is 0 Å². The van der Waals surface area contributed by atoms with Crippen molar-refractivity contribution < 1.29 is 4.57 Å². The molecule has 0 unspecified atom stereocenters. The first-order chi connectivity index (χ1) is 10.2. The number of hydrogen-bond donors (Lipinski definition) is 0. The van der Waals surface area contributed by atoms with E-state index < -0.39 is 0 Å². The number of aryl methyl sites for hydroxylation is 1. The highest BCUT2D eigenvalue weighted by molar-refractivity contribution is 5.41. The molecule has 1 aromatic rings. The van der Waals surface area contributed by atoms with E-state index in [0.29, 0.717) is 0 Å². The lowest BCUT2D eigenvalue weighted by molar-refractivity contribution is -0.697. The van der Waals surface area contributed by atoms with E-state index >= 15 is 0 Å². The molecule has 0 fully saturated rings. The molecule has 1 aromatic heterocycles. The fraction of sp³-hybridized carbons (Fsp3) is 0.312. The average Bonchev–Trinajstić information content (AvgIpc) is 2.50. The number of hydrogen-bond acceptors (Lipinski definition) is 4. The molecule has 0 atom stereocenters. The minimum atomic E-state index is 0.829. The first-order valence-electron chi connectivity index (χ1n) is 7.00. The van der Waals surface area contributed by atoms with Crippen LogP contribution in [0.1, 0.15) is 6.42 Å². The molecular formula is C16H21N4O+. The van der Waals surface area contributed by atoms with Gasteiger partial charge in [0.15, 0.2) is 12.4 Å². The maximum absolute atomic E-state index is 10.1. The summed E-state index contributed by atoms with van der Waals surface area (Å²) in [6.45, 7) is 1.92. The van der Waals surface area contributed by atoms with Crippen LogP contribution in [0.15, 0.2) is 66.0 Å². The highest BCUT2D eigenvalue weighted by atomic mass is 16.2. The third-order valence-electron chi connectivity index (χ3n) is 3.34. The number of anilines is 1. The van der Waals surface area contributed by atoms with Crippen molar-refractivity contribution in [2.24, 2.45) is 5.18 Å². The zero-order valence-corrected chi connectivity index (χ0v) is 12.5. The normalized spacial score (nSPS) is 13.4. The van der Waals surface area contributed by atoms with Gasteiger partial charge >= 0.3 is 0 Å². The molecule has 0 saturated carbocycles. The maximum atomic E-state index is 10.1. The van der Waals surface area contributed by atoms with E-state index in [1.54, 1.807) is 0 Å². The predicted octanol–water partition coefficient (Wildman–Crippen LogP) is 2.42. The van der Waals surface area contributed by atoms with Crippen molar-refractivity contribution in [1.29, 1.82) is 0 Å². The smallest absolute Gasteiger partial charge is 0.170 e. The van der Waals surface area contributed by atoms with Crippen LogP contribution in [0.25, 0.3) is 0 Å². The second-order valence-corrected chi connectivity index (χ2v) is 5.15. The van der Waals surface area contributed by atoms with Gasteiger partial charge in [0.1, 0.15) is 6.54 Å². The minimum Gasteiger partial charge on any atom is -0.377 e. The molecule has 0 spiro atoms. The van der Waals surface area contributed by atoms with Crippen molar-refractivity contribution in [3.05, 3.63) is 65.8 Å². The van der Waals surface area contributed by atoms with Crippen molar-refractivity contribution in [2.75, 3.05) is 25.5 Å². The molecule has 0 bridgehead atoms. The summed E-state index contributed by atoms with van der Waals surface area (Å²) in [5.41, 5.74) is 2.03. The number of allylic oxidation sites excluding steroid dienone is 3. The molecular weight excluding hydrogens is 264 g/mol. The molecule has 5 heteroatoms. The second-order valence-electron chi connectivity index (χ2n) is 5.15. The molecule has 2 heterocycles. The zero-order valence-electron chi connectivity index (χ0n) is 12.5. The predicted molar refractivity (Wildman–Crippen MR) is 84.4 cm³/mol. The number of pyridine rings is 1. The van der Waals surface area contributed by atoms with E-state index in [-0.39, 0.29) is 0 Å². The lowest BCUT2D eigenvalue weighted by atomic mass is 10.2. The molecule has 5 nitrogen and oxygen atoms in total. The van der Waals surface area contributed by atoms with Crippen LogP contribution in [0.4, 0.5) is 5.69 Å². The van der Waals surface area contributed by atoms with Gasteiger partial charge < -0.3 is 9.80 Å². The fourth-order valence-corrected chi connectivity index (χ4v) is 2.10. The zero-order chi connectivity index (χ0) is 15.1. The Balaban J connectivity index is 1.77. The third-order valence-corrected chi connectivity index (χ3v) is 3.34. The minimum absolute atomic E-state index is 0.829. The lowest BCUT2D eigenvalue weighted by Crippen LogP contribution is -2.34. The van der Waals surface area contributed by atoms with Crippen molar-refractivity contribution >= 4 is 5.69 Å². The molecule has 1 aliphatic rings. The summed E-state index contributed by atoms with van der Waals surface area (Å²) >= 11 is 0. The van der Waals surface area contributed by atoms with Gasteiger partial charge in [-0.3, -0.25) is 0 Å². The number of aromatic nitrogens is 1. The van der Waals surface area contributed by atoms with Crippen LogP contribution in [0, 0.1) is 4.91 Å². The molecule has 2 rings (SSSR count).